The minimum absolute atomic E-state index is 0.162. The number of hydrogen-bond acceptors (Lipinski definition) is 6. The molecule has 1 saturated heterocycles. The Labute approximate surface area is 163 Å². The third-order valence-corrected chi connectivity index (χ3v) is 5.45. The fraction of sp³-hybridized carbons (Fsp3) is 0.368. The van der Waals surface area contributed by atoms with Crippen LogP contribution in [0.25, 0.3) is 11.0 Å². The van der Waals surface area contributed by atoms with Crippen LogP contribution in [-0.2, 0) is 6.61 Å². The Morgan fingerprint density at radius 2 is 2.36 bits per heavy atom. The molecule has 9 heteroatoms. The van der Waals surface area contributed by atoms with Gasteiger partial charge in [-0.2, -0.15) is 0 Å². The third kappa shape index (κ3) is 3.72. The van der Waals surface area contributed by atoms with Gasteiger partial charge in [0.1, 0.15) is 28.7 Å². The molecule has 0 aliphatic carbocycles. The number of halogens is 2. The number of nitrogens with zero attached hydrogens (tertiary/aromatic N) is 1. The molecular formula is C19H19F2N3O3S. The first-order valence-corrected chi connectivity index (χ1v) is 9.76. The molecule has 2 aromatic heterocycles. The zero-order chi connectivity index (χ0) is 19.7. The summed E-state index contributed by atoms with van der Waals surface area (Å²) in [4.78, 5) is 16.9. The quantitative estimate of drug-likeness (QED) is 0.677. The molecular weight excluding hydrogens is 388 g/mol. The van der Waals surface area contributed by atoms with E-state index in [4.69, 9.17) is 9.15 Å². The number of fused-ring (bicyclic) bond motifs is 1. The van der Waals surface area contributed by atoms with Crippen molar-refractivity contribution in [3.8, 4) is 5.75 Å². The molecule has 1 fully saturated rings. The molecule has 0 bridgehead atoms. The van der Waals surface area contributed by atoms with Crippen molar-refractivity contribution in [1.82, 2.24) is 15.6 Å². The van der Waals surface area contributed by atoms with Crippen LogP contribution in [0.5, 0.6) is 5.75 Å². The summed E-state index contributed by atoms with van der Waals surface area (Å²) in [6.45, 7) is 1.94. The van der Waals surface area contributed by atoms with Crippen molar-refractivity contribution < 1.29 is 22.7 Å². The normalized spacial score (nSPS) is 18.9. The number of piperidine rings is 1. The Balaban J connectivity index is 1.57. The predicted molar refractivity (Wildman–Crippen MR) is 101 cm³/mol. The van der Waals surface area contributed by atoms with Crippen molar-refractivity contribution in [2.45, 2.75) is 31.9 Å². The molecule has 0 spiro atoms. The number of furan rings is 1. The number of hydrogen-bond donors (Lipinski definition) is 2. The fourth-order valence-electron chi connectivity index (χ4n) is 3.28. The fourth-order valence-corrected chi connectivity index (χ4v) is 3.81. The highest BCUT2D eigenvalue weighted by atomic mass is 32.1. The molecule has 6 nitrogen and oxygen atoms in total. The molecule has 28 heavy (non-hydrogen) atoms. The highest BCUT2D eigenvalue weighted by Gasteiger charge is 2.42. The maximum absolute atomic E-state index is 14.1. The van der Waals surface area contributed by atoms with Crippen LogP contribution in [0.3, 0.4) is 0 Å². The predicted octanol–water partition coefficient (Wildman–Crippen LogP) is 3.50. The van der Waals surface area contributed by atoms with Gasteiger partial charge in [0.05, 0.1) is 18.2 Å². The first-order chi connectivity index (χ1) is 13.4. The lowest BCUT2D eigenvalue weighted by Gasteiger charge is -2.32. The largest absolute Gasteiger partial charge is 0.486 e. The molecule has 4 rings (SSSR count). The minimum atomic E-state index is -3.00. The van der Waals surface area contributed by atoms with Gasteiger partial charge in [0.25, 0.3) is 11.8 Å². The van der Waals surface area contributed by atoms with E-state index in [9.17, 15) is 13.6 Å². The maximum atomic E-state index is 14.1. The van der Waals surface area contributed by atoms with E-state index in [2.05, 4.69) is 15.6 Å². The summed E-state index contributed by atoms with van der Waals surface area (Å²) in [5.41, 5.74) is 0.755. The second-order valence-corrected chi connectivity index (χ2v) is 7.64. The van der Waals surface area contributed by atoms with Crippen molar-refractivity contribution >= 4 is 28.2 Å². The first-order valence-electron chi connectivity index (χ1n) is 8.88. The van der Waals surface area contributed by atoms with Crippen molar-refractivity contribution in [3.63, 3.8) is 0 Å². The number of ether oxygens (including phenoxy) is 1. The Kier molecular flexibility index (Phi) is 5.03. The average molecular weight is 407 g/mol. The number of benzene rings is 1. The zero-order valence-corrected chi connectivity index (χ0v) is 15.9. The van der Waals surface area contributed by atoms with E-state index in [-0.39, 0.29) is 12.0 Å². The van der Waals surface area contributed by atoms with Crippen LogP contribution >= 0.6 is 11.3 Å². The molecule has 2 N–H and O–H groups in total. The summed E-state index contributed by atoms with van der Waals surface area (Å²) in [6, 6.07) is 3.92. The van der Waals surface area contributed by atoms with Crippen LogP contribution in [0.4, 0.5) is 8.78 Å². The monoisotopic (exact) mass is 407 g/mol. The van der Waals surface area contributed by atoms with E-state index < -0.39 is 24.4 Å². The van der Waals surface area contributed by atoms with Gasteiger partial charge in [0.15, 0.2) is 0 Å². The maximum Gasteiger partial charge on any atom is 0.280 e. The smallest absolute Gasteiger partial charge is 0.280 e. The lowest BCUT2D eigenvalue weighted by Crippen LogP contribution is -2.57. The van der Waals surface area contributed by atoms with E-state index in [1.807, 2.05) is 5.38 Å². The molecule has 3 heterocycles. The Morgan fingerprint density at radius 1 is 1.50 bits per heavy atom. The summed E-state index contributed by atoms with van der Waals surface area (Å²) >= 11 is 1.48. The summed E-state index contributed by atoms with van der Waals surface area (Å²) in [5.74, 6) is -2.64. The Hall–Kier alpha value is -2.52. The van der Waals surface area contributed by atoms with Crippen LogP contribution in [0.15, 0.2) is 34.2 Å². The van der Waals surface area contributed by atoms with Gasteiger partial charge in [-0.15, -0.1) is 11.3 Å². The summed E-state index contributed by atoms with van der Waals surface area (Å²) in [7, 11) is 0. The van der Waals surface area contributed by atoms with Crippen LogP contribution in [0.2, 0.25) is 0 Å². The summed E-state index contributed by atoms with van der Waals surface area (Å²) in [5, 5.41) is 8.35. The highest BCUT2D eigenvalue weighted by Crippen LogP contribution is 2.30. The lowest BCUT2D eigenvalue weighted by atomic mass is 10.0. The van der Waals surface area contributed by atoms with Gasteiger partial charge in [0.2, 0.25) is 0 Å². The molecule has 0 radical (unpaired) electrons. The van der Waals surface area contributed by atoms with Gasteiger partial charge < -0.3 is 19.8 Å². The van der Waals surface area contributed by atoms with E-state index in [1.54, 1.807) is 31.3 Å². The van der Waals surface area contributed by atoms with E-state index in [0.717, 1.165) is 5.01 Å². The van der Waals surface area contributed by atoms with Gasteiger partial charge in [-0.3, -0.25) is 4.79 Å². The number of aromatic nitrogens is 1. The topological polar surface area (TPSA) is 76.4 Å². The molecule has 1 aromatic carbocycles. The van der Waals surface area contributed by atoms with Crippen molar-refractivity contribution in [1.29, 1.82) is 0 Å². The standard InChI is InChI=1S/C19H19F2N3O3S/c1-11-17(18(25)24-15-4-5-22-10-19(15,20)21)13-8-12(2-3-14(13)27-11)26-9-16-23-6-7-28-16/h2-3,6-8,15,22H,4-5,9-10H2,1H3,(H,24,25). The first kappa shape index (κ1) is 18.8. The second-order valence-electron chi connectivity index (χ2n) is 6.66. The van der Waals surface area contributed by atoms with Crippen LogP contribution in [-0.4, -0.2) is 35.9 Å². The number of carbonyl (C=O) groups excluding carboxylic acids is 1. The van der Waals surface area contributed by atoms with Crippen molar-refractivity contribution in [3.05, 3.63) is 46.1 Å². The molecule has 1 amide bonds. The highest BCUT2D eigenvalue weighted by molar-refractivity contribution is 7.09. The number of alkyl halides is 2. The average Bonchev–Trinajstić information content (AvgIpc) is 3.28. The van der Waals surface area contributed by atoms with Crippen molar-refractivity contribution in [2.75, 3.05) is 13.1 Å². The molecule has 1 aliphatic heterocycles. The molecule has 1 aliphatic rings. The van der Waals surface area contributed by atoms with Gasteiger partial charge in [-0.1, -0.05) is 0 Å². The number of rotatable bonds is 5. The Bertz CT molecular complexity index is 988. The SMILES string of the molecule is Cc1oc2ccc(OCc3nccs3)cc2c1C(=O)NC1CCNCC1(F)F. The summed E-state index contributed by atoms with van der Waals surface area (Å²) in [6.07, 6.45) is 1.86. The second kappa shape index (κ2) is 7.48. The lowest BCUT2D eigenvalue weighted by molar-refractivity contribution is -0.0487. The van der Waals surface area contributed by atoms with E-state index in [0.29, 0.717) is 35.6 Å². The van der Waals surface area contributed by atoms with Crippen LogP contribution in [0.1, 0.15) is 27.5 Å². The van der Waals surface area contributed by atoms with Crippen molar-refractivity contribution in [2.24, 2.45) is 0 Å². The number of amides is 1. The van der Waals surface area contributed by atoms with E-state index in [1.165, 1.54) is 11.3 Å². The van der Waals surface area contributed by atoms with Crippen LogP contribution < -0.4 is 15.4 Å². The van der Waals surface area contributed by atoms with Crippen LogP contribution in [0, 0.1) is 6.92 Å². The minimum Gasteiger partial charge on any atom is -0.486 e. The molecule has 148 valence electrons. The van der Waals surface area contributed by atoms with Gasteiger partial charge in [0, 0.05) is 17.0 Å². The third-order valence-electron chi connectivity index (χ3n) is 4.69. The Morgan fingerprint density at radius 3 is 3.11 bits per heavy atom. The van der Waals surface area contributed by atoms with E-state index >= 15 is 0 Å². The van der Waals surface area contributed by atoms with Gasteiger partial charge in [-0.25, -0.2) is 13.8 Å². The zero-order valence-electron chi connectivity index (χ0n) is 15.1. The summed E-state index contributed by atoms with van der Waals surface area (Å²) < 4.78 is 39.5. The number of carbonyl (C=O) groups is 1. The van der Waals surface area contributed by atoms with Gasteiger partial charge >= 0.3 is 0 Å². The molecule has 0 saturated carbocycles. The number of thiazole rings is 1. The molecule has 1 unspecified atom stereocenters. The molecule has 1 atom stereocenters. The number of nitrogens with one attached hydrogen (secondary N) is 2. The molecule has 3 aromatic rings. The number of aryl methyl sites for hydroxylation is 1. The van der Waals surface area contributed by atoms with Gasteiger partial charge in [-0.05, 0) is 38.1 Å².